The number of nitrogens with zero attached hydrogens (tertiary/aromatic N) is 1. The van der Waals surface area contributed by atoms with Crippen LogP contribution in [0.1, 0.15) is 23.7 Å². The van der Waals surface area contributed by atoms with Crippen LogP contribution in [0.2, 0.25) is 0 Å². The Labute approximate surface area is 179 Å². The van der Waals surface area contributed by atoms with Crippen LogP contribution in [0.4, 0.5) is 0 Å². The quantitative estimate of drug-likeness (QED) is 0.506. The van der Waals surface area contributed by atoms with Gasteiger partial charge in [0.05, 0.1) is 13.2 Å². The molecule has 156 valence electrons. The number of hydrogen-bond acceptors (Lipinski definition) is 4. The van der Waals surface area contributed by atoms with Crippen LogP contribution in [0.3, 0.4) is 0 Å². The predicted molar refractivity (Wildman–Crippen MR) is 119 cm³/mol. The highest BCUT2D eigenvalue weighted by molar-refractivity contribution is 5.31. The third-order valence-electron chi connectivity index (χ3n) is 5.50. The zero-order valence-corrected chi connectivity index (χ0v) is 17.4. The molecular weight excluding hydrogens is 374 g/mol. The Morgan fingerprint density at radius 3 is 2.03 bits per heavy atom. The van der Waals surface area contributed by atoms with E-state index < -0.39 is 0 Å². The Bertz CT molecular complexity index is 844. The molecule has 1 heterocycles. The summed E-state index contributed by atoms with van der Waals surface area (Å²) in [5, 5.41) is 0. The van der Waals surface area contributed by atoms with E-state index in [2.05, 4.69) is 53.4 Å². The molecule has 0 saturated carbocycles. The van der Waals surface area contributed by atoms with Gasteiger partial charge in [0.15, 0.2) is 0 Å². The first-order valence-corrected chi connectivity index (χ1v) is 10.6. The van der Waals surface area contributed by atoms with E-state index in [4.69, 9.17) is 14.2 Å². The van der Waals surface area contributed by atoms with Crippen LogP contribution in [0.25, 0.3) is 0 Å². The first-order chi connectivity index (χ1) is 14.8. The summed E-state index contributed by atoms with van der Waals surface area (Å²) >= 11 is 0. The summed E-state index contributed by atoms with van der Waals surface area (Å²) in [6, 6.07) is 28.7. The highest BCUT2D eigenvalue weighted by atomic mass is 16.5. The highest BCUT2D eigenvalue weighted by Crippen LogP contribution is 2.29. The molecule has 0 amide bonds. The molecule has 0 aromatic heterocycles. The second-order valence-corrected chi connectivity index (χ2v) is 7.57. The van der Waals surface area contributed by atoms with Crippen molar-refractivity contribution in [2.24, 2.45) is 0 Å². The Morgan fingerprint density at radius 1 is 0.833 bits per heavy atom. The average molecular weight is 404 g/mol. The van der Waals surface area contributed by atoms with Gasteiger partial charge in [-0.15, -0.1) is 0 Å². The molecule has 1 saturated heterocycles. The van der Waals surface area contributed by atoms with Gasteiger partial charge in [0.1, 0.15) is 24.2 Å². The topological polar surface area (TPSA) is 30.9 Å². The van der Waals surface area contributed by atoms with Crippen molar-refractivity contribution < 1.29 is 14.2 Å². The minimum Gasteiger partial charge on any atom is -0.497 e. The third kappa shape index (κ3) is 5.41. The van der Waals surface area contributed by atoms with E-state index >= 15 is 0 Å². The van der Waals surface area contributed by atoms with Crippen molar-refractivity contribution in [2.75, 3.05) is 33.4 Å². The second-order valence-electron chi connectivity index (χ2n) is 7.57. The molecule has 3 aromatic rings. The standard InChI is InChI=1S/C26H29NO3/c1-28-23-12-14-24(15-13-23)29-19-18-27-17-16-25(20-27)30-26(21-8-4-2-5-9-21)22-10-6-3-7-11-22/h2-15,25-26H,16-20H2,1H3. The van der Waals surface area contributed by atoms with Crippen LogP contribution in [0, 0.1) is 0 Å². The first-order valence-electron chi connectivity index (χ1n) is 10.6. The molecule has 4 nitrogen and oxygen atoms in total. The third-order valence-corrected chi connectivity index (χ3v) is 5.50. The smallest absolute Gasteiger partial charge is 0.119 e. The molecule has 0 radical (unpaired) electrons. The van der Waals surface area contributed by atoms with Crippen LogP contribution < -0.4 is 9.47 Å². The highest BCUT2D eigenvalue weighted by Gasteiger charge is 2.27. The molecule has 30 heavy (non-hydrogen) atoms. The van der Waals surface area contributed by atoms with Gasteiger partial charge in [-0.05, 0) is 41.8 Å². The lowest BCUT2D eigenvalue weighted by molar-refractivity contribution is 0.0137. The van der Waals surface area contributed by atoms with Gasteiger partial charge >= 0.3 is 0 Å². The lowest BCUT2D eigenvalue weighted by Gasteiger charge is -2.23. The number of rotatable bonds is 9. The summed E-state index contributed by atoms with van der Waals surface area (Å²) in [5.74, 6) is 1.71. The largest absolute Gasteiger partial charge is 0.497 e. The molecule has 4 rings (SSSR count). The molecule has 4 heteroatoms. The number of hydrogen-bond donors (Lipinski definition) is 0. The lowest BCUT2D eigenvalue weighted by Crippen LogP contribution is -2.28. The van der Waals surface area contributed by atoms with Gasteiger partial charge in [0.25, 0.3) is 0 Å². The van der Waals surface area contributed by atoms with Gasteiger partial charge in [-0.2, -0.15) is 0 Å². The van der Waals surface area contributed by atoms with Gasteiger partial charge in [-0.3, -0.25) is 4.90 Å². The van der Waals surface area contributed by atoms with Gasteiger partial charge in [-0.25, -0.2) is 0 Å². The van der Waals surface area contributed by atoms with Crippen molar-refractivity contribution in [3.05, 3.63) is 96.1 Å². The average Bonchev–Trinajstić information content (AvgIpc) is 3.26. The lowest BCUT2D eigenvalue weighted by atomic mass is 10.0. The van der Waals surface area contributed by atoms with Crippen molar-refractivity contribution in [3.8, 4) is 11.5 Å². The van der Waals surface area contributed by atoms with Crippen LogP contribution in [0.5, 0.6) is 11.5 Å². The minimum atomic E-state index is -0.0344. The molecule has 1 atom stereocenters. The summed E-state index contributed by atoms with van der Waals surface area (Å²) < 4.78 is 17.7. The van der Waals surface area contributed by atoms with Gasteiger partial charge in [0.2, 0.25) is 0 Å². The maximum atomic E-state index is 6.61. The van der Waals surface area contributed by atoms with E-state index in [-0.39, 0.29) is 12.2 Å². The maximum Gasteiger partial charge on any atom is 0.119 e. The van der Waals surface area contributed by atoms with E-state index in [0.717, 1.165) is 37.6 Å². The number of likely N-dealkylation sites (tertiary alicyclic amines) is 1. The summed E-state index contributed by atoms with van der Waals surface area (Å²) in [6.45, 7) is 3.53. The normalized spacial score (nSPS) is 16.7. The molecule has 0 aliphatic carbocycles. The van der Waals surface area contributed by atoms with Gasteiger partial charge < -0.3 is 14.2 Å². The Balaban J connectivity index is 1.30. The van der Waals surface area contributed by atoms with Crippen molar-refractivity contribution in [1.29, 1.82) is 0 Å². The molecule has 3 aromatic carbocycles. The van der Waals surface area contributed by atoms with Crippen LogP contribution in [0.15, 0.2) is 84.9 Å². The molecular formula is C26H29NO3. The molecule has 1 aliphatic heterocycles. The van der Waals surface area contributed by atoms with E-state index in [0.29, 0.717) is 6.61 Å². The molecule has 0 bridgehead atoms. The fourth-order valence-corrected chi connectivity index (χ4v) is 3.87. The molecule has 0 N–H and O–H groups in total. The second kappa shape index (κ2) is 10.3. The van der Waals surface area contributed by atoms with Gasteiger partial charge in [0, 0.05) is 19.6 Å². The van der Waals surface area contributed by atoms with E-state index in [1.807, 2.05) is 36.4 Å². The molecule has 0 spiro atoms. The summed E-state index contributed by atoms with van der Waals surface area (Å²) in [6.07, 6.45) is 1.22. The van der Waals surface area contributed by atoms with E-state index in [1.54, 1.807) is 7.11 Å². The van der Waals surface area contributed by atoms with Gasteiger partial charge in [-0.1, -0.05) is 60.7 Å². The monoisotopic (exact) mass is 403 g/mol. The SMILES string of the molecule is COc1ccc(OCCN2CCC(OC(c3ccccc3)c3ccccc3)C2)cc1. The van der Waals surface area contributed by atoms with Crippen molar-refractivity contribution in [2.45, 2.75) is 18.6 Å². The zero-order valence-electron chi connectivity index (χ0n) is 17.4. The minimum absolute atomic E-state index is 0.0344. The fourth-order valence-electron chi connectivity index (χ4n) is 3.87. The summed E-state index contributed by atoms with van der Waals surface area (Å²) in [4.78, 5) is 2.42. The number of ether oxygens (including phenoxy) is 3. The maximum absolute atomic E-state index is 6.61. The summed E-state index contributed by atoms with van der Waals surface area (Å²) in [7, 11) is 1.67. The van der Waals surface area contributed by atoms with E-state index in [9.17, 15) is 0 Å². The Hall–Kier alpha value is -2.82. The van der Waals surface area contributed by atoms with Crippen molar-refractivity contribution in [3.63, 3.8) is 0 Å². The van der Waals surface area contributed by atoms with Crippen molar-refractivity contribution in [1.82, 2.24) is 4.90 Å². The first kappa shape index (κ1) is 20.5. The number of methoxy groups -OCH3 is 1. The Morgan fingerprint density at radius 2 is 1.43 bits per heavy atom. The van der Waals surface area contributed by atoms with E-state index in [1.165, 1.54) is 11.1 Å². The molecule has 1 unspecified atom stereocenters. The Kier molecular flexibility index (Phi) is 7.01. The summed E-state index contributed by atoms with van der Waals surface area (Å²) in [5.41, 5.74) is 2.40. The van der Waals surface area contributed by atoms with Crippen LogP contribution in [-0.2, 0) is 4.74 Å². The predicted octanol–water partition coefficient (Wildman–Crippen LogP) is 4.95. The zero-order chi connectivity index (χ0) is 20.6. The van der Waals surface area contributed by atoms with Crippen LogP contribution in [-0.4, -0.2) is 44.4 Å². The molecule has 1 aliphatic rings. The van der Waals surface area contributed by atoms with Crippen LogP contribution >= 0.6 is 0 Å². The van der Waals surface area contributed by atoms with Crippen molar-refractivity contribution >= 4 is 0 Å². The fraction of sp³-hybridized carbons (Fsp3) is 0.308. The number of benzene rings is 3. The molecule has 1 fully saturated rings.